The first-order chi connectivity index (χ1) is 8.60. The Morgan fingerprint density at radius 1 is 1.39 bits per heavy atom. The molecule has 0 aliphatic carbocycles. The molecule has 18 heavy (non-hydrogen) atoms. The fraction of sp³-hybridized carbons (Fsp3) is 0.154. The molecule has 0 unspecified atom stereocenters. The van der Waals surface area contributed by atoms with Gasteiger partial charge in [-0.3, -0.25) is 4.79 Å². The van der Waals surface area contributed by atoms with E-state index in [0.29, 0.717) is 12.1 Å². The number of hydrogen-bond donors (Lipinski definition) is 1. The average Bonchev–Trinajstić information content (AvgIpc) is 2.81. The molecule has 0 spiro atoms. The number of rotatable bonds is 3. The monoisotopic (exact) mass is 267 g/mol. The van der Waals surface area contributed by atoms with Crippen LogP contribution in [-0.4, -0.2) is 5.91 Å². The van der Waals surface area contributed by atoms with Crippen LogP contribution in [0.1, 0.15) is 23.2 Å². The summed E-state index contributed by atoms with van der Waals surface area (Å²) in [7, 11) is 0. The summed E-state index contributed by atoms with van der Waals surface area (Å²) in [6, 6.07) is 7.09. The number of hydrogen-bond acceptors (Lipinski definition) is 2. The molecule has 0 fully saturated rings. The van der Waals surface area contributed by atoms with Crippen molar-refractivity contribution in [2.45, 2.75) is 13.3 Å². The Labute approximate surface area is 109 Å². The van der Waals surface area contributed by atoms with E-state index in [2.05, 4.69) is 5.32 Å². The second-order valence-electron chi connectivity index (χ2n) is 3.70. The van der Waals surface area contributed by atoms with E-state index < -0.39 is 11.7 Å². The van der Waals surface area contributed by atoms with Crippen LogP contribution in [-0.2, 0) is 6.42 Å². The van der Waals surface area contributed by atoms with E-state index in [4.69, 9.17) is 16.0 Å². The highest BCUT2D eigenvalue weighted by atomic mass is 35.5. The topological polar surface area (TPSA) is 42.2 Å². The minimum atomic E-state index is -0.454. The van der Waals surface area contributed by atoms with Gasteiger partial charge in [0.25, 0.3) is 5.91 Å². The Bertz CT molecular complexity index is 580. The summed E-state index contributed by atoms with van der Waals surface area (Å²) in [6.07, 6.45) is 0.713. The van der Waals surface area contributed by atoms with Gasteiger partial charge < -0.3 is 9.73 Å². The zero-order valence-corrected chi connectivity index (χ0v) is 10.4. The van der Waals surface area contributed by atoms with Gasteiger partial charge in [-0.15, -0.1) is 0 Å². The standard InChI is InChI=1S/C13H11ClFNO2/c1-2-9-4-6-12(18-9)13(17)16-11-5-3-8(15)7-10(11)14/h3-7H,2H2,1H3,(H,16,17). The fourth-order valence-electron chi connectivity index (χ4n) is 1.46. The molecule has 5 heteroatoms. The SMILES string of the molecule is CCc1ccc(C(=O)Nc2ccc(F)cc2Cl)o1. The van der Waals surface area contributed by atoms with Gasteiger partial charge in [-0.2, -0.15) is 0 Å². The van der Waals surface area contributed by atoms with Gasteiger partial charge in [-0.05, 0) is 30.3 Å². The summed E-state index contributed by atoms with van der Waals surface area (Å²) in [4.78, 5) is 11.8. The third kappa shape index (κ3) is 2.71. The van der Waals surface area contributed by atoms with Crippen LogP contribution in [0.15, 0.2) is 34.7 Å². The van der Waals surface area contributed by atoms with E-state index in [0.717, 1.165) is 11.8 Å². The van der Waals surface area contributed by atoms with Crippen molar-refractivity contribution >= 4 is 23.2 Å². The molecule has 0 radical (unpaired) electrons. The molecule has 94 valence electrons. The summed E-state index contributed by atoms with van der Waals surface area (Å²) in [5, 5.41) is 2.70. The maximum absolute atomic E-state index is 12.8. The summed E-state index contributed by atoms with van der Waals surface area (Å²) in [5.41, 5.74) is 0.345. The quantitative estimate of drug-likeness (QED) is 0.917. The molecule has 0 aliphatic heterocycles. The minimum absolute atomic E-state index is 0.144. The smallest absolute Gasteiger partial charge is 0.291 e. The first kappa shape index (κ1) is 12.6. The Morgan fingerprint density at radius 2 is 2.17 bits per heavy atom. The number of aryl methyl sites for hydroxylation is 1. The van der Waals surface area contributed by atoms with Crippen LogP contribution in [0.4, 0.5) is 10.1 Å². The molecule has 1 N–H and O–H groups in total. The molecular formula is C13H11ClFNO2. The molecule has 0 bridgehead atoms. The van der Waals surface area contributed by atoms with Crippen molar-refractivity contribution in [3.8, 4) is 0 Å². The predicted octanol–water partition coefficient (Wildman–Crippen LogP) is 3.89. The largest absolute Gasteiger partial charge is 0.456 e. The lowest BCUT2D eigenvalue weighted by atomic mass is 10.3. The van der Waals surface area contributed by atoms with Crippen LogP contribution < -0.4 is 5.32 Å². The number of carbonyl (C=O) groups excluding carboxylic acids is 1. The summed E-state index contributed by atoms with van der Waals surface area (Å²) in [5.74, 6) is 0.0602. The third-order valence-electron chi connectivity index (χ3n) is 2.41. The van der Waals surface area contributed by atoms with Crippen LogP contribution in [0.2, 0.25) is 5.02 Å². The molecule has 1 aromatic heterocycles. The van der Waals surface area contributed by atoms with Crippen LogP contribution in [0, 0.1) is 5.82 Å². The van der Waals surface area contributed by atoms with Crippen molar-refractivity contribution in [2.75, 3.05) is 5.32 Å². The van der Waals surface area contributed by atoms with E-state index in [1.54, 1.807) is 12.1 Å². The number of halogens is 2. The molecule has 0 atom stereocenters. The predicted molar refractivity (Wildman–Crippen MR) is 67.4 cm³/mol. The molecular weight excluding hydrogens is 257 g/mol. The molecule has 3 nitrogen and oxygen atoms in total. The minimum Gasteiger partial charge on any atom is -0.456 e. The number of furan rings is 1. The number of amides is 1. The molecule has 2 rings (SSSR count). The molecule has 1 aromatic carbocycles. The highest BCUT2D eigenvalue weighted by Crippen LogP contribution is 2.23. The van der Waals surface area contributed by atoms with E-state index >= 15 is 0 Å². The molecule has 1 amide bonds. The van der Waals surface area contributed by atoms with Gasteiger partial charge >= 0.3 is 0 Å². The summed E-state index contributed by atoms with van der Waals surface area (Å²) < 4.78 is 18.1. The maximum atomic E-state index is 12.8. The highest BCUT2D eigenvalue weighted by Gasteiger charge is 2.12. The van der Waals surface area contributed by atoms with Crippen LogP contribution in [0.3, 0.4) is 0 Å². The third-order valence-corrected chi connectivity index (χ3v) is 2.73. The normalized spacial score (nSPS) is 10.4. The second kappa shape index (κ2) is 5.23. The maximum Gasteiger partial charge on any atom is 0.291 e. The second-order valence-corrected chi connectivity index (χ2v) is 4.11. The average molecular weight is 268 g/mol. The zero-order valence-electron chi connectivity index (χ0n) is 9.67. The van der Waals surface area contributed by atoms with Crippen LogP contribution in [0.5, 0.6) is 0 Å². The highest BCUT2D eigenvalue weighted by molar-refractivity contribution is 6.33. The van der Waals surface area contributed by atoms with Crippen molar-refractivity contribution < 1.29 is 13.6 Å². The van der Waals surface area contributed by atoms with Crippen molar-refractivity contribution in [2.24, 2.45) is 0 Å². The number of carbonyl (C=O) groups is 1. The number of anilines is 1. The fourth-order valence-corrected chi connectivity index (χ4v) is 1.68. The molecule has 0 saturated heterocycles. The van der Waals surface area contributed by atoms with E-state index in [1.807, 2.05) is 6.92 Å². The Morgan fingerprint density at radius 3 is 2.78 bits per heavy atom. The lowest BCUT2D eigenvalue weighted by Gasteiger charge is -2.05. The zero-order chi connectivity index (χ0) is 13.1. The first-order valence-corrected chi connectivity index (χ1v) is 5.83. The molecule has 0 saturated carbocycles. The van der Waals surface area contributed by atoms with Crippen molar-refractivity contribution in [1.29, 1.82) is 0 Å². The van der Waals surface area contributed by atoms with Crippen LogP contribution >= 0.6 is 11.6 Å². The Kier molecular flexibility index (Phi) is 3.67. The number of benzene rings is 1. The van der Waals surface area contributed by atoms with Gasteiger partial charge in [0, 0.05) is 6.42 Å². The Balaban J connectivity index is 2.16. The molecule has 2 aromatic rings. The Hall–Kier alpha value is -1.81. The summed E-state index contributed by atoms with van der Waals surface area (Å²) in [6.45, 7) is 1.93. The molecule has 1 heterocycles. The first-order valence-electron chi connectivity index (χ1n) is 5.45. The van der Waals surface area contributed by atoms with Crippen LogP contribution in [0.25, 0.3) is 0 Å². The van der Waals surface area contributed by atoms with Gasteiger partial charge in [0.15, 0.2) is 5.76 Å². The van der Waals surface area contributed by atoms with Crippen molar-refractivity contribution in [3.05, 3.63) is 52.7 Å². The summed E-state index contributed by atoms with van der Waals surface area (Å²) >= 11 is 5.81. The number of nitrogens with one attached hydrogen (secondary N) is 1. The van der Waals surface area contributed by atoms with Gasteiger partial charge in [0.2, 0.25) is 0 Å². The lowest BCUT2D eigenvalue weighted by molar-refractivity contribution is 0.0995. The molecule has 0 aliphatic rings. The van der Waals surface area contributed by atoms with Gasteiger partial charge in [0.1, 0.15) is 11.6 Å². The van der Waals surface area contributed by atoms with Gasteiger partial charge in [-0.25, -0.2) is 4.39 Å². The van der Waals surface area contributed by atoms with E-state index in [-0.39, 0.29) is 10.8 Å². The lowest BCUT2D eigenvalue weighted by Crippen LogP contribution is -2.11. The van der Waals surface area contributed by atoms with Gasteiger partial charge in [-0.1, -0.05) is 18.5 Å². The van der Waals surface area contributed by atoms with E-state index in [1.165, 1.54) is 12.1 Å². The van der Waals surface area contributed by atoms with Crippen molar-refractivity contribution in [3.63, 3.8) is 0 Å². The van der Waals surface area contributed by atoms with Crippen molar-refractivity contribution in [1.82, 2.24) is 0 Å². The van der Waals surface area contributed by atoms with Gasteiger partial charge in [0.05, 0.1) is 10.7 Å². The van der Waals surface area contributed by atoms with E-state index in [9.17, 15) is 9.18 Å².